The zero-order valence-electron chi connectivity index (χ0n) is 19.7. The van der Waals surface area contributed by atoms with Gasteiger partial charge in [0.05, 0.1) is 0 Å². The molecule has 0 bridgehead atoms. The van der Waals surface area contributed by atoms with E-state index in [0.717, 1.165) is 28.7 Å². The van der Waals surface area contributed by atoms with Gasteiger partial charge in [-0.2, -0.15) is 0 Å². The predicted octanol–water partition coefficient (Wildman–Crippen LogP) is 5.09. The summed E-state index contributed by atoms with van der Waals surface area (Å²) >= 11 is 0. The highest BCUT2D eigenvalue weighted by Crippen LogP contribution is 2.31. The van der Waals surface area contributed by atoms with E-state index in [1.54, 1.807) is 18.5 Å². The van der Waals surface area contributed by atoms with E-state index in [1.165, 1.54) is 22.3 Å². The second-order valence-electron chi connectivity index (χ2n) is 8.28. The second-order valence-corrected chi connectivity index (χ2v) is 8.28. The molecular formula is C28H30N2O2. The molecule has 0 saturated carbocycles. The first-order chi connectivity index (χ1) is 15.2. The van der Waals surface area contributed by atoms with E-state index in [4.69, 9.17) is 0 Å². The third-order valence-electron chi connectivity index (χ3n) is 5.76. The summed E-state index contributed by atoms with van der Waals surface area (Å²) in [6.07, 6.45) is 3.29. The molecule has 3 aromatic rings. The van der Waals surface area contributed by atoms with Crippen molar-refractivity contribution in [1.82, 2.24) is 4.57 Å². The second kappa shape index (κ2) is 9.70. The van der Waals surface area contributed by atoms with E-state index < -0.39 is 0 Å². The molecule has 1 heterocycles. The van der Waals surface area contributed by atoms with Gasteiger partial charge in [-0.05, 0) is 98.0 Å². The van der Waals surface area contributed by atoms with Gasteiger partial charge in [0.25, 0.3) is 11.5 Å². The molecular weight excluding hydrogens is 396 g/mol. The molecule has 0 fully saturated rings. The molecule has 1 amide bonds. The number of nitrogens with zero attached hydrogens (tertiary/aromatic N) is 1. The zero-order chi connectivity index (χ0) is 23.4. The van der Waals surface area contributed by atoms with Crippen molar-refractivity contribution < 1.29 is 4.79 Å². The van der Waals surface area contributed by atoms with Crippen LogP contribution in [0.1, 0.15) is 47.2 Å². The standard InChI is InChI=1S/C28H30N2O2/c1-7-9-27(31)29-24-11-10-22(15-25-19(4)12-18(3)13-20(25)5)26(16-24)23-14-21(8-2)28(32)30(6)17-23/h10-14,16-17H,8,15H2,1-6H3,(H,29,31). The van der Waals surface area contributed by atoms with E-state index in [-0.39, 0.29) is 11.5 Å². The Morgan fingerprint density at radius 1 is 1.03 bits per heavy atom. The van der Waals surface area contributed by atoms with Crippen LogP contribution in [0.25, 0.3) is 11.1 Å². The van der Waals surface area contributed by atoms with Crippen molar-refractivity contribution in [3.8, 4) is 23.0 Å². The number of carbonyl (C=O) groups excluding carboxylic acids is 1. The fraction of sp³-hybridized carbons (Fsp3) is 0.286. The number of aromatic nitrogens is 1. The zero-order valence-corrected chi connectivity index (χ0v) is 19.7. The van der Waals surface area contributed by atoms with Gasteiger partial charge in [0.2, 0.25) is 0 Å². The van der Waals surface area contributed by atoms with E-state index in [0.29, 0.717) is 12.1 Å². The van der Waals surface area contributed by atoms with Crippen LogP contribution in [0.5, 0.6) is 0 Å². The molecule has 1 aromatic heterocycles. The first-order valence-electron chi connectivity index (χ1n) is 10.9. The number of amides is 1. The molecule has 32 heavy (non-hydrogen) atoms. The van der Waals surface area contributed by atoms with Crippen LogP contribution in [0.2, 0.25) is 0 Å². The lowest BCUT2D eigenvalue weighted by molar-refractivity contribution is -0.111. The number of hydrogen-bond acceptors (Lipinski definition) is 2. The van der Waals surface area contributed by atoms with E-state index in [9.17, 15) is 9.59 Å². The van der Waals surface area contributed by atoms with Crippen molar-refractivity contribution >= 4 is 11.6 Å². The number of carbonyl (C=O) groups is 1. The molecule has 0 saturated heterocycles. The Morgan fingerprint density at radius 3 is 2.34 bits per heavy atom. The van der Waals surface area contributed by atoms with Crippen LogP contribution < -0.4 is 10.9 Å². The highest BCUT2D eigenvalue weighted by Gasteiger charge is 2.14. The lowest BCUT2D eigenvalue weighted by Crippen LogP contribution is -2.20. The molecule has 2 aromatic carbocycles. The Labute approximate surface area is 190 Å². The molecule has 3 rings (SSSR count). The lowest BCUT2D eigenvalue weighted by Gasteiger charge is -2.17. The van der Waals surface area contributed by atoms with Crippen molar-refractivity contribution in [2.24, 2.45) is 7.05 Å². The molecule has 0 aliphatic rings. The van der Waals surface area contributed by atoms with Gasteiger partial charge in [0.1, 0.15) is 0 Å². The fourth-order valence-electron chi connectivity index (χ4n) is 4.21. The smallest absolute Gasteiger partial charge is 0.300 e. The summed E-state index contributed by atoms with van der Waals surface area (Å²) < 4.78 is 1.63. The van der Waals surface area contributed by atoms with Crippen LogP contribution >= 0.6 is 0 Å². The quantitative estimate of drug-likeness (QED) is 0.578. The summed E-state index contributed by atoms with van der Waals surface area (Å²) in [6, 6.07) is 12.3. The summed E-state index contributed by atoms with van der Waals surface area (Å²) in [4.78, 5) is 24.5. The van der Waals surface area contributed by atoms with Gasteiger partial charge in [0.15, 0.2) is 0 Å². The highest BCUT2D eigenvalue weighted by molar-refractivity contribution is 6.04. The van der Waals surface area contributed by atoms with Gasteiger partial charge < -0.3 is 9.88 Å². The average molecular weight is 427 g/mol. The van der Waals surface area contributed by atoms with Crippen LogP contribution in [-0.4, -0.2) is 10.5 Å². The van der Waals surface area contributed by atoms with Gasteiger partial charge in [0, 0.05) is 24.5 Å². The average Bonchev–Trinajstić information content (AvgIpc) is 2.73. The van der Waals surface area contributed by atoms with Crippen molar-refractivity contribution in [1.29, 1.82) is 0 Å². The first kappa shape index (κ1) is 23.1. The summed E-state index contributed by atoms with van der Waals surface area (Å²) in [5.74, 6) is 4.80. The molecule has 0 unspecified atom stereocenters. The number of benzene rings is 2. The normalized spacial score (nSPS) is 10.4. The number of aryl methyl sites for hydroxylation is 5. The van der Waals surface area contributed by atoms with Crippen LogP contribution in [-0.2, 0) is 24.7 Å². The lowest BCUT2D eigenvalue weighted by atomic mass is 9.90. The summed E-state index contributed by atoms with van der Waals surface area (Å²) in [6.45, 7) is 10.0. The summed E-state index contributed by atoms with van der Waals surface area (Å²) in [5.41, 5.74) is 9.64. The monoisotopic (exact) mass is 426 g/mol. The number of nitrogens with one attached hydrogen (secondary N) is 1. The molecule has 0 aliphatic heterocycles. The Bertz CT molecular complexity index is 1280. The highest BCUT2D eigenvalue weighted by atomic mass is 16.1. The molecule has 164 valence electrons. The molecule has 0 radical (unpaired) electrons. The third kappa shape index (κ3) is 5.00. The minimum Gasteiger partial charge on any atom is -0.318 e. The number of hydrogen-bond donors (Lipinski definition) is 1. The van der Waals surface area contributed by atoms with Gasteiger partial charge >= 0.3 is 0 Å². The number of rotatable bonds is 5. The molecule has 0 aliphatic carbocycles. The van der Waals surface area contributed by atoms with Crippen molar-refractivity contribution in [3.05, 3.63) is 86.3 Å². The van der Waals surface area contributed by atoms with E-state index in [2.05, 4.69) is 56.1 Å². The Balaban J connectivity index is 2.17. The molecule has 0 spiro atoms. The number of anilines is 1. The van der Waals surface area contributed by atoms with Gasteiger partial charge in [-0.1, -0.05) is 36.6 Å². The maximum absolute atomic E-state index is 12.5. The minimum absolute atomic E-state index is 0.0192. The van der Waals surface area contributed by atoms with Gasteiger partial charge in [-0.3, -0.25) is 9.59 Å². The topological polar surface area (TPSA) is 51.1 Å². The van der Waals surface area contributed by atoms with Gasteiger partial charge in [-0.15, -0.1) is 0 Å². The molecule has 4 nitrogen and oxygen atoms in total. The Morgan fingerprint density at radius 2 is 1.72 bits per heavy atom. The molecule has 4 heteroatoms. The van der Waals surface area contributed by atoms with E-state index >= 15 is 0 Å². The SMILES string of the molecule is CC#CC(=O)Nc1ccc(Cc2c(C)cc(C)cc2C)c(-c2cc(CC)c(=O)n(C)c2)c1. The summed E-state index contributed by atoms with van der Waals surface area (Å²) in [5, 5.41) is 2.85. The third-order valence-corrected chi connectivity index (χ3v) is 5.76. The van der Waals surface area contributed by atoms with Crippen molar-refractivity contribution in [2.45, 2.75) is 47.5 Å². The Kier molecular flexibility index (Phi) is 7.00. The van der Waals surface area contributed by atoms with Crippen LogP contribution in [0.15, 0.2) is 47.4 Å². The predicted molar refractivity (Wildman–Crippen MR) is 132 cm³/mol. The van der Waals surface area contributed by atoms with E-state index in [1.807, 2.05) is 31.3 Å². The molecule has 1 N–H and O–H groups in total. The Hall–Kier alpha value is -3.58. The van der Waals surface area contributed by atoms with Crippen molar-refractivity contribution in [2.75, 3.05) is 5.32 Å². The van der Waals surface area contributed by atoms with Crippen LogP contribution in [0.3, 0.4) is 0 Å². The van der Waals surface area contributed by atoms with Crippen LogP contribution in [0, 0.1) is 32.6 Å². The number of pyridine rings is 1. The maximum atomic E-state index is 12.5. The first-order valence-corrected chi connectivity index (χ1v) is 10.9. The molecule has 0 atom stereocenters. The fourth-order valence-corrected chi connectivity index (χ4v) is 4.21. The van der Waals surface area contributed by atoms with Crippen molar-refractivity contribution in [3.63, 3.8) is 0 Å². The van der Waals surface area contributed by atoms with Gasteiger partial charge in [-0.25, -0.2) is 0 Å². The summed E-state index contributed by atoms with van der Waals surface area (Å²) in [7, 11) is 1.78. The maximum Gasteiger partial charge on any atom is 0.300 e. The largest absolute Gasteiger partial charge is 0.318 e. The minimum atomic E-state index is -0.342. The van der Waals surface area contributed by atoms with Crippen LogP contribution in [0.4, 0.5) is 5.69 Å².